The lowest BCUT2D eigenvalue weighted by atomic mass is 9.87. The highest BCUT2D eigenvalue weighted by Crippen LogP contribution is 2.33. The van der Waals surface area contributed by atoms with Crippen LogP contribution in [0.3, 0.4) is 0 Å². The number of carbonyl (C=O) groups is 1. The summed E-state index contributed by atoms with van der Waals surface area (Å²) in [5.74, 6) is 0.468. The van der Waals surface area contributed by atoms with Crippen molar-refractivity contribution in [3.8, 4) is 5.88 Å². The summed E-state index contributed by atoms with van der Waals surface area (Å²) < 4.78 is 5.76. The van der Waals surface area contributed by atoms with Crippen LogP contribution in [0.5, 0.6) is 5.88 Å². The number of aromatic nitrogens is 2. The summed E-state index contributed by atoms with van der Waals surface area (Å²) in [6.07, 6.45) is 0. The number of carbonyl (C=O) groups excluding carboxylic acids is 1. The number of rotatable bonds is 3. The zero-order chi connectivity index (χ0) is 17.4. The van der Waals surface area contributed by atoms with Crippen LogP contribution >= 0.6 is 11.6 Å². The molecular weight excluding hydrogens is 312 g/mol. The molecule has 0 saturated heterocycles. The van der Waals surface area contributed by atoms with Gasteiger partial charge >= 0.3 is 0 Å². The summed E-state index contributed by atoms with van der Waals surface area (Å²) in [5.41, 5.74) is 0.848. The fourth-order valence-corrected chi connectivity index (χ4v) is 2.15. The standard InChI is InChI=1S/C18H23ClN2O2/c1-17(2,3)12-9-11-7-8-14(19)20-15(11)21-16(12)23-10-13(22)18(4,5)6/h7-9H,10H2,1-6H3. The fourth-order valence-electron chi connectivity index (χ4n) is 2.01. The third kappa shape index (κ3) is 4.20. The lowest BCUT2D eigenvalue weighted by Gasteiger charge is -2.23. The number of fused-ring (bicyclic) bond motifs is 1. The first-order chi connectivity index (χ1) is 10.5. The maximum absolute atomic E-state index is 12.1. The van der Waals surface area contributed by atoms with Crippen molar-refractivity contribution in [2.75, 3.05) is 6.61 Å². The molecule has 2 heterocycles. The normalized spacial score (nSPS) is 12.5. The maximum atomic E-state index is 12.1. The third-order valence-corrected chi connectivity index (χ3v) is 3.80. The number of ketones is 1. The van der Waals surface area contributed by atoms with E-state index < -0.39 is 5.41 Å². The van der Waals surface area contributed by atoms with Crippen LogP contribution in [0.2, 0.25) is 5.15 Å². The lowest BCUT2D eigenvalue weighted by Crippen LogP contribution is -2.27. The van der Waals surface area contributed by atoms with Gasteiger partial charge in [-0.05, 0) is 23.6 Å². The van der Waals surface area contributed by atoms with Crippen LogP contribution in [0.25, 0.3) is 11.0 Å². The van der Waals surface area contributed by atoms with Crippen molar-refractivity contribution in [3.05, 3.63) is 28.9 Å². The molecule has 2 rings (SSSR count). The average molecular weight is 335 g/mol. The van der Waals surface area contributed by atoms with Crippen LogP contribution in [-0.4, -0.2) is 22.4 Å². The van der Waals surface area contributed by atoms with Gasteiger partial charge in [-0.25, -0.2) is 4.98 Å². The van der Waals surface area contributed by atoms with Gasteiger partial charge in [-0.2, -0.15) is 4.98 Å². The molecule has 0 radical (unpaired) electrons. The topological polar surface area (TPSA) is 52.1 Å². The molecule has 0 amide bonds. The minimum absolute atomic E-state index is 0.00828. The molecule has 5 heteroatoms. The molecule has 0 N–H and O–H groups in total. The zero-order valence-electron chi connectivity index (χ0n) is 14.5. The molecule has 23 heavy (non-hydrogen) atoms. The average Bonchev–Trinajstić information content (AvgIpc) is 2.41. The molecule has 2 aromatic heterocycles. The number of hydrogen-bond donors (Lipinski definition) is 0. The predicted octanol–water partition coefficient (Wildman–Crippen LogP) is 4.57. The van der Waals surface area contributed by atoms with Crippen molar-refractivity contribution < 1.29 is 9.53 Å². The van der Waals surface area contributed by atoms with Gasteiger partial charge in [0.1, 0.15) is 11.8 Å². The van der Waals surface area contributed by atoms with E-state index >= 15 is 0 Å². The van der Waals surface area contributed by atoms with E-state index in [1.54, 1.807) is 6.07 Å². The van der Waals surface area contributed by atoms with Gasteiger partial charge in [0.15, 0.2) is 11.4 Å². The Bertz CT molecular complexity index is 743. The number of ether oxygens (including phenoxy) is 1. The molecule has 124 valence electrons. The number of pyridine rings is 2. The van der Waals surface area contributed by atoms with Crippen LogP contribution in [0.1, 0.15) is 47.1 Å². The first kappa shape index (κ1) is 17.7. The van der Waals surface area contributed by atoms with Crippen molar-refractivity contribution in [2.45, 2.75) is 47.0 Å². The number of halogens is 1. The van der Waals surface area contributed by atoms with Gasteiger partial charge in [0.2, 0.25) is 5.88 Å². The maximum Gasteiger partial charge on any atom is 0.219 e. The molecule has 0 unspecified atom stereocenters. The lowest BCUT2D eigenvalue weighted by molar-refractivity contribution is -0.128. The minimum Gasteiger partial charge on any atom is -0.469 e. The van der Waals surface area contributed by atoms with Gasteiger partial charge in [-0.1, -0.05) is 53.1 Å². The molecule has 0 atom stereocenters. The first-order valence-electron chi connectivity index (χ1n) is 7.62. The molecule has 0 aliphatic rings. The molecular formula is C18H23ClN2O2. The Morgan fingerprint density at radius 2 is 1.78 bits per heavy atom. The van der Waals surface area contributed by atoms with Gasteiger partial charge in [0, 0.05) is 16.4 Å². The number of hydrogen-bond acceptors (Lipinski definition) is 4. The Morgan fingerprint density at radius 3 is 2.35 bits per heavy atom. The van der Waals surface area contributed by atoms with E-state index in [-0.39, 0.29) is 17.8 Å². The summed E-state index contributed by atoms with van der Waals surface area (Å²) in [4.78, 5) is 20.8. The van der Waals surface area contributed by atoms with E-state index in [2.05, 4.69) is 30.7 Å². The Labute approximate surface area is 142 Å². The van der Waals surface area contributed by atoms with E-state index in [4.69, 9.17) is 16.3 Å². The van der Waals surface area contributed by atoms with E-state index in [9.17, 15) is 4.79 Å². The second-order valence-electron chi connectivity index (χ2n) is 7.73. The minimum atomic E-state index is -0.444. The molecule has 0 aliphatic carbocycles. The molecule has 0 saturated carbocycles. The van der Waals surface area contributed by atoms with Gasteiger partial charge in [-0.15, -0.1) is 0 Å². The van der Waals surface area contributed by atoms with Crippen LogP contribution < -0.4 is 4.74 Å². The van der Waals surface area contributed by atoms with E-state index in [1.807, 2.05) is 32.9 Å². The van der Waals surface area contributed by atoms with Crippen LogP contribution in [0, 0.1) is 5.41 Å². The van der Waals surface area contributed by atoms with Crippen molar-refractivity contribution >= 4 is 28.4 Å². The van der Waals surface area contributed by atoms with Crippen LogP contribution in [0.4, 0.5) is 0 Å². The summed E-state index contributed by atoms with van der Waals surface area (Å²) in [5, 5.41) is 1.28. The Balaban J connectivity index is 2.45. The zero-order valence-corrected chi connectivity index (χ0v) is 15.3. The molecule has 0 bridgehead atoms. The Hall–Kier alpha value is -1.68. The number of nitrogens with zero attached hydrogens (tertiary/aromatic N) is 2. The largest absolute Gasteiger partial charge is 0.469 e. The van der Waals surface area contributed by atoms with Gasteiger partial charge in [-0.3, -0.25) is 4.79 Å². The van der Waals surface area contributed by atoms with Crippen molar-refractivity contribution in [1.29, 1.82) is 0 Å². The van der Waals surface area contributed by atoms with Gasteiger partial charge in [0.25, 0.3) is 0 Å². The van der Waals surface area contributed by atoms with E-state index in [0.29, 0.717) is 16.7 Å². The fraction of sp³-hybridized carbons (Fsp3) is 0.500. The SMILES string of the molecule is CC(C)(C)C(=O)COc1nc2nc(Cl)ccc2cc1C(C)(C)C. The predicted molar refractivity (Wildman–Crippen MR) is 93.2 cm³/mol. The first-order valence-corrected chi connectivity index (χ1v) is 8.00. The Kier molecular flexibility index (Phi) is 4.67. The van der Waals surface area contributed by atoms with Crippen LogP contribution in [-0.2, 0) is 10.2 Å². The highest BCUT2D eigenvalue weighted by atomic mass is 35.5. The van der Waals surface area contributed by atoms with Crippen molar-refractivity contribution in [1.82, 2.24) is 9.97 Å². The summed E-state index contributed by atoms with van der Waals surface area (Å²) in [6.45, 7) is 11.9. The van der Waals surface area contributed by atoms with Crippen molar-refractivity contribution in [3.63, 3.8) is 0 Å². The molecule has 2 aromatic rings. The summed E-state index contributed by atoms with van der Waals surface area (Å²) in [7, 11) is 0. The second-order valence-corrected chi connectivity index (χ2v) is 8.12. The summed E-state index contributed by atoms with van der Waals surface area (Å²) in [6, 6.07) is 5.63. The number of Topliss-reactive ketones (excluding diaryl/α,β-unsaturated/α-hetero) is 1. The molecule has 0 aliphatic heterocycles. The quantitative estimate of drug-likeness (QED) is 0.771. The molecule has 0 aromatic carbocycles. The monoisotopic (exact) mass is 334 g/mol. The molecule has 0 spiro atoms. The van der Waals surface area contributed by atoms with Gasteiger partial charge in [0.05, 0.1) is 0 Å². The van der Waals surface area contributed by atoms with E-state index in [1.165, 1.54) is 0 Å². The van der Waals surface area contributed by atoms with Crippen LogP contribution in [0.15, 0.2) is 18.2 Å². The summed E-state index contributed by atoms with van der Waals surface area (Å²) >= 11 is 5.94. The molecule has 4 nitrogen and oxygen atoms in total. The smallest absolute Gasteiger partial charge is 0.219 e. The Morgan fingerprint density at radius 1 is 1.13 bits per heavy atom. The second kappa shape index (κ2) is 6.08. The highest BCUT2D eigenvalue weighted by molar-refractivity contribution is 6.29. The van der Waals surface area contributed by atoms with Crippen molar-refractivity contribution in [2.24, 2.45) is 5.41 Å². The van der Waals surface area contributed by atoms with Gasteiger partial charge < -0.3 is 4.74 Å². The molecule has 0 fully saturated rings. The van der Waals surface area contributed by atoms with E-state index in [0.717, 1.165) is 10.9 Å². The highest BCUT2D eigenvalue weighted by Gasteiger charge is 2.25. The third-order valence-electron chi connectivity index (χ3n) is 3.59.